The van der Waals surface area contributed by atoms with Crippen LogP contribution in [-0.4, -0.2) is 38.0 Å². The van der Waals surface area contributed by atoms with Gasteiger partial charge in [0, 0.05) is 6.54 Å². The number of rotatable bonds is 10. The largest absolute Gasteiger partial charge is 0.480 e. The summed E-state index contributed by atoms with van der Waals surface area (Å²) in [4.78, 5) is 10.8. The van der Waals surface area contributed by atoms with Gasteiger partial charge in [0.05, 0.1) is 16.3 Å². The Hall–Kier alpha value is -3.94. The minimum Gasteiger partial charge on any atom is -0.480 e. The first-order valence-corrected chi connectivity index (χ1v) is 15.5. The molecule has 222 valence electrons. The SMILES string of the molecule is Cc1ccc(S(=O)(=O)N(Cc2ccc(-c3cccc(S(=O)(=O)CC(=O)O)c3)cc2)Cc2ccc(C(F)(F)F)o2)c(C)c1. The highest BCUT2D eigenvalue weighted by molar-refractivity contribution is 7.92. The highest BCUT2D eigenvalue weighted by Crippen LogP contribution is 2.32. The number of sulfone groups is 1. The summed E-state index contributed by atoms with van der Waals surface area (Å²) < 4.78 is 97.5. The van der Waals surface area contributed by atoms with Crippen LogP contribution in [0.5, 0.6) is 0 Å². The maximum atomic E-state index is 13.7. The molecular formula is C29H26F3NO7S2. The monoisotopic (exact) mass is 621 g/mol. The number of aryl methyl sites for hydroxylation is 2. The number of halogens is 3. The number of alkyl halides is 3. The minimum absolute atomic E-state index is 0.00621. The molecule has 13 heteroatoms. The van der Waals surface area contributed by atoms with Gasteiger partial charge in [-0.1, -0.05) is 54.1 Å². The van der Waals surface area contributed by atoms with E-state index in [0.29, 0.717) is 22.3 Å². The number of carboxylic acids is 1. The van der Waals surface area contributed by atoms with Gasteiger partial charge in [0.2, 0.25) is 15.8 Å². The average Bonchev–Trinajstić information content (AvgIpc) is 3.37. The van der Waals surface area contributed by atoms with E-state index in [-0.39, 0.29) is 22.1 Å². The van der Waals surface area contributed by atoms with Crippen LogP contribution in [0.15, 0.2) is 93.1 Å². The standard InChI is InChI=1S/C29H26F3NO7S2/c1-19-6-12-26(20(2)14-19)42(38,39)33(17-24-11-13-27(40-24)29(30,31)32)16-21-7-9-22(10-8-21)23-4-3-5-25(15-23)41(36,37)18-28(34)35/h3-15H,16-18H2,1-2H3,(H,34,35). The molecule has 4 aromatic rings. The summed E-state index contributed by atoms with van der Waals surface area (Å²) in [6.07, 6.45) is -4.73. The first-order chi connectivity index (χ1) is 19.6. The Labute approximate surface area is 241 Å². The lowest BCUT2D eigenvalue weighted by Crippen LogP contribution is -2.30. The molecular weight excluding hydrogens is 595 g/mol. The molecule has 0 amide bonds. The topological polar surface area (TPSA) is 122 Å². The Bertz CT molecular complexity index is 1830. The second-order valence-corrected chi connectivity index (χ2v) is 13.6. The number of furan rings is 1. The zero-order valence-electron chi connectivity index (χ0n) is 22.4. The molecule has 3 aromatic carbocycles. The molecule has 1 heterocycles. The zero-order chi connectivity index (χ0) is 30.9. The van der Waals surface area contributed by atoms with Crippen LogP contribution in [0, 0.1) is 13.8 Å². The minimum atomic E-state index is -4.73. The summed E-state index contributed by atoms with van der Waals surface area (Å²) in [5.41, 5.74) is 2.89. The molecule has 8 nitrogen and oxygen atoms in total. The number of hydrogen-bond acceptors (Lipinski definition) is 6. The van der Waals surface area contributed by atoms with Gasteiger partial charge in [0.25, 0.3) is 0 Å². The summed E-state index contributed by atoms with van der Waals surface area (Å²) in [7, 11) is -8.24. The highest BCUT2D eigenvalue weighted by Gasteiger charge is 2.35. The molecule has 0 aliphatic carbocycles. The normalized spacial score (nSPS) is 12.5. The molecule has 0 aliphatic heterocycles. The van der Waals surface area contributed by atoms with Crippen molar-refractivity contribution in [1.29, 1.82) is 0 Å². The fourth-order valence-corrected chi connectivity index (χ4v) is 7.05. The first kappa shape index (κ1) is 31.0. The molecule has 0 unspecified atom stereocenters. The van der Waals surface area contributed by atoms with Crippen molar-refractivity contribution < 1.29 is 44.3 Å². The fraction of sp³-hybridized carbons (Fsp3) is 0.207. The number of sulfonamides is 1. The molecule has 4 rings (SSSR count). The van der Waals surface area contributed by atoms with Crippen molar-refractivity contribution in [2.75, 3.05) is 5.75 Å². The predicted molar refractivity (Wildman–Crippen MR) is 148 cm³/mol. The second kappa shape index (κ2) is 11.7. The van der Waals surface area contributed by atoms with Gasteiger partial charge >= 0.3 is 12.1 Å². The molecule has 0 bridgehead atoms. The van der Waals surface area contributed by atoms with Crippen LogP contribution in [0.25, 0.3) is 11.1 Å². The van der Waals surface area contributed by atoms with E-state index in [1.165, 1.54) is 24.3 Å². The Morgan fingerprint density at radius 1 is 0.857 bits per heavy atom. The van der Waals surface area contributed by atoms with Crippen LogP contribution in [0.2, 0.25) is 0 Å². The smallest absolute Gasteiger partial charge is 0.449 e. The van der Waals surface area contributed by atoms with Gasteiger partial charge in [-0.2, -0.15) is 17.5 Å². The quantitative estimate of drug-likeness (QED) is 0.236. The fourth-order valence-electron chi connectivity index (χ4n) is 4.36. The molecule has 0 saturated heterocycles. The summed E-state index contributed by atoms with van der Waals surface area (Å²) >= 11 is 0. The molecule has 1 N–H and O–H groups in total. The predicted octanol–water partition coefficient (Wildman–Crippen LogP) is 5.83. The summed E-state index contributed by atoms with van der Waals surface area (Å²) in [5, 5.41) is 8.90. The van der Waals surface area contributed by atoms with Gasteiger partial charge in [0.15, 0.2) is 15.6 Å². The van der Waals surface area contributed by atoms with Crippen LogP contribution in [0.1, 0.15) is 28.2 Å². The second-order valence-electron chi connectivity index (χ2n) is 9.68. The summed E-state index contributed by atoms with van der Waals surface area (Å²) in [6, 6.07) is 18.9. The highest BCUT2D eigenvalue weighted by atomic mass is 32.2. The third-order valence-electron chi connectivity index (χ3n) is 6.37. The van der Waals surface area contributed by atoms with Gasteiger partial charge in [-0.15, -0.1) is 0 Å². The lowest BCUT2D eigenvalue weighted by atomic mass is 10.0. The average molecular weight is 622 g/mol. The van der Waals surface area contributed by atoms with Gasteiger partial charge in [-0.3, -0.25) is 4.79 Å². The lowest BCUT2D eigenvalue weighted by Gasteiger charge is -2.23. The number of carboxylic acid groups (broad SMARTS) is 1. The van der Waals surface area contributed by atoms with E-state index in [4.69, 9.17) is 9.52 Å². The van der Waals surface area contributed by atoms with Crippen LogP contribution < -0.4 is 0 Å². The summed E-state index contributed by atoms with van der Waals surface area (Å²) in [6.45, 7) is 2.77. The van der Waals surface area contributed by atoms with E-state index in [1.54, 1.807) is 49.4 Å². The van der Waals surface area contributed by atoms with Crippen molar-refractivity contribution in [1.82, 2.24) is 4.31 Å². The molecule has 1 aromatic heterocycles. The molecule has 0 radical (unpaired) electrons. The van der Waals surface area contributed by atoms with Crippen LogP contribution in [-0.2, 0) is 43.9 Å². The number of aliphatic carboxylic acids is 1. The first-order valence-electron chi connectivity index (χ1n) is 12.4. The number of hydrogen-bond donors (Lipinski definition) is 1. The molecule has 0 atom stereocenters. The molecule has 0 aliphatic rings. The maximum absolute atomic E-state index is 13.7. The Morgan fingerprint density at radius 2 is 1.55 bits per heavy atom. The van der Waals surface area contributed by atoms with Crippen LogP contribution >= 0.6 is 0 Å². The van der Waals surface area contributed by atoms with Crippen molar-refractivity contribution in [3.63, 3.8) is 0 Å². The zero-order valence-corrected chi connectivity index (χ0v) is 24.1. The van der Waals surface area contributed by atoms with E-state index in [9.17, 15) is 34.8 Å². The van der Waals surface area contributed by atoms with Gasteiger partial charge in [0.1, 0.15) is 5.76 Å². The van der Waals surface area contributed by atoms with Gasteiger partial charge < -0.3 is 9.52 Å². The van der Waals surface area contributed by atoms with E-state index < -0.39 is 50.1 Å². The molecule has 42 heavy (non-hydrogen) atoms. The molecule has 0 saturated carbocycles. The third kappa shape index (κ3) is 7.09. The van der Waals surface area contributed by atoms with Crippen molar-refractivity contribution >= 4 is 25.8 Å². The Kier molecular flexibility index (Phi) is 8.67. The van der Waals surface area contributed by atoms with E-state index in [1.807, 2.05) is 6.92 Å². The van der Waals surface area contributed by atoms with Crippen LogP contribution in [0.3, 0.4) is 0 Å². The van der Waals surface area contributed by atoms with Crippen molar-refractivity contribution in [3.8, 4) is 11.1 Å². The Morgan fingerprint density at radius 3 is 2.14 bits per heavy atom. The van der Waals surface area contributed by atoms with E-state index in [2.05, 4.69) is 0 Å². The van der Waals surface area contributed by atoms with Crippen molar-refractivity contribution in [2.45, 2.75) is 42.9 Å². The lowest BCUT2D eigenvalue weighted by molar-refractivity contribution is -0.153. The van der Waals surface area contributed by atoms with Crippen molar-refractivity contribution in [2.24, 2.45) is 0 Å². The van der Waals surface area contributed by atoms with E-state index in [0.717, 1.165) is 22.0 Å². The number of carbonyl (C=O) groups is 1. The maximum Gasteiger partial charge on any atom is 0.449 e. The third-order valence-corrected chi connectivity index (χ3v) is 9.93. The number of benzene rings is 3. The molecule has 0 fully saturated rings. The van der Waals surface area contributed by atoms with Gasteiger partial charge in [-0.05, 0) is 66.4 Å². The van der Waals surface area contributed by atoms with Gasteiger partial charge in [-0.25, -0.2) is 16.8 Å². The van der Waals surface area contributed by atoms with Crippen molar-refractivity contribution in [3.05, 3.63) is 107 Å². The Balaban J connectivity index is 1.66. The van der Waals surface area contributed by atoms with E-state index >= 15 is 0 Å². The van der Waals surface area contributed by atoms with Crippen LogP contribution in [0.4, 0.5) is 13.2 Å². The number of nitrogens with zero attached hydrogens (tertiary/aromatic N) is 1. The molecule has 0 spiro atoms. The summed E-state index contributed by atoms with van der Waals surface area (Å²) in [5.74, 6) is -3.96.